The van der Waals surface area contributed by atoms with E-state index in [1.165, 1.54) is 29.3 Å². The third-order valence-corrected chi connectivity index (χ3v) is 3.89. The number of rotatable bonds is 2. The molecule has 0 saturated carbocycles. The van der Waals surface area contributed by atoms with Crippen LogP contribution >= 0.6 is 0 Å². The molecule has 0 spiro atoms. The Bertz CT molecular complexity index is 916. The van der Waals surface area contributed by atoms with Crippen molar-refractivity contribution in [1.29, 1.82) is 0 Å². The lowest BCUT2D eigenvalue weighted by Crippen LogP contribution is -1.81. The molecule has 0 atom stereocenters. The molecule has 0 fully saturated rings. The number of hydrogen-bond acceptors (Lipinski definition) is 1. The van der Waals surface area contributed by atoms with E-state index in [1.54, 1.807) is 6.26 Å². The van der Waals surface area contributed by atoms with Gasteiger partial charge in [0.25, 0.3) is 0 Å². The lowest BCUT2D eigenvalue weighted by molar-refractivity contribution is 0.604. The topological polar surface area (TPSA) is 37.3 Å². The van der Waals surface area contributed by atoms with Gasteiger partial charge in [-0.3, -0.25) is 0 Å². The van der Waals surface area contributed by atoms with Gasteiger partial charge in [0, 0.05) is 6.07 Å². The summed E-state index contributed by atoms with van der Waals surface area (Å²) in [4.78, 5) is 0. The molecule has 0 aliphatic carbocycles. The first-order valence-corrected chi connectivity index (χ1v) is 9.94. The summed E-state index contributed by atoms with van der Waals surface area (Å²) in [6, 6.07) is 29.4. The van der Waals surface area contributed by atoms with Crippen molar-refractivity contribution in [3.8, 4) is 22.3 Å². The highest BCUT2D eigenvalue weighted by Crippen LogP contribution is 2.27. The molecule has 3 aromatic carbocycles. The van der Waals surface area contributed by atoms with Crippen LogP contribution in [0.1, 0.15) is 27.7 Å². The second-order valence-electron chi connectivity index (χ2n) is 5.31. The molecule has 2 heteroatoms. The molecule has 4 aromatic rings. The zero-order chi connectivity index (χ0) is 20.8. The highest BCUT2D eigenvalue weighted by Gasteiger charge is 2.07. The van der Waals surface area contributed by atoms with Gasteiger partial charge in [-0.2, -0.15) is 0 Å². The summed E-state index contributed by atoms with van der Waals surface area (Å²) in [5.41, 5.74) is 10.2. The van der Waals surface area contributed by atoms with Crippen molar-refractivity contribution in [2.24, 2.45) is 5.73 Å². The van der Waals surface area contributed by atoms with E-state index < -0.39 is 0 Å². The fourth-order valence-corrected chi connectivity index (χ4v) is 2.69. The molecular weight excluding hydrogens is 342 g/mol. The Morgan fingerprint density at radius 1 is 0.536 bits per heavy atom. The van der Waals surface area contributed by atoms with E-state index in [0.29, 0.717) is 0 Å². The minimum atomic E-state index is 0.909. The zero-order valence-corrected chi connectivity index (χ0v) is 17.6. The number of fused-ring (bicyclic) bond motifs is 1. The Kier molecular flexibility index (Phi) is 10.9. The van der Waals surface area contributed by atoms with Gasteiger partial charge in [0.05, 0.1) is 11.5 Å². The van der Waals surface area contributed by atoms with E-state index in [-0.39, 0.29) is 0 Å². The molecule has 4 rings (SSSR count). The average molecular weight is 375 g/mol. The van der Waals surface area contributed by atoms with Crippen LogP contribution in [0.2, 0.25) is 0 Å². The number of nitrogens with two attached hydrogens (primary N) is 1. The zero-order valence-electron chi connectivity index (χ0n) is 17.6. The molecule has 0 aliphatic heterocycles. The predicted molar refractivity (Wildman–Crippen MR) is 124 cm³/mol. The van der Waals surface area contributed by atoms with Crippen LogP contribution in [0.15, 0.2) is 95.6 Å². The summed E-state index contributed by atoms with van der Waals surface area (Å²) < 4.78 is 5.57. The molecule has 2 nitrogen and oxygen atoms in total. The van der Waals surface area contributed by atoms with E-state index in [4.69, 9.17) is 4.42 Å². The van der Waals surface area contributed by atoms with Crippen LogP contribution in [-0.4, -0.2) is 7.05 Å². The maximum atomic E-state index is 5.57. The van der Waals surface area contributed by atoms with Gasteiger partial charge >= 0.3 is 11.8 Å². The van der Waals surface area contributed by atoms with E-state index in [1.807, 2.05) is 39.8 Å². The van der Waals surface area contributed by atoms with Crippen molar-refractivity contribution in [3.63, 3.8) is 0 Å². The fraction of sp³-hybridized carbons (Fsp3) is 0.192. The van der Waals surface area contributed by atoms with E-state index in [0.717, 1.165) is 11.0 Å². The van der Waals surface area contributed by atoms with Gasteiger partial charge in [-0.25, -0.2) is 4.42 Å². The van der Waals surface area contributed by atoms with Gasteiger partial charge in [-0.15, -0.1) is 0 Å². The molecule has 0 bridgehead atoms. The minimum Gasteiger partial charge on any atom is -0.333 e. The van der Waals surface area contributed by atoms with E-state index in [2.05, 4.69) is 78.5 Å². The lowest BCUT2D eigenvalue weighted by atomic mass is 10.00. The quantitative estimate of drug-likeness (QED) is 0.365. The predicted octanol–water partition coefficient (Wildman–Crippen LogP) is 7.68. The molecule has 0 aliphatic rings. The fourth-order valence-electron chi connectivity index (χ4n) is 2.69. The highest BCUT2D eigenvalue weighted by atomic mass is 16.3. The van der Waals surface area contributed by atoms with Crippen molar-refractivity contribution in [2.45, 2.75) is 27.7 Å². The third kappa shape index (κ3) is 6.04. The van der Waals surface area contributed by atoms with E-state index >= 15 is 0 Å². The molecule has 0 amide bonds. The molecule has 28 heavy (non-hydrogen) atoms. The largest absolute Gasteiger partial charge is 0.360 e. The average Bonchev–Trinajstić information content (AvgIpc) is 2.83. The van der Waals surface area contributed by atoms with Crippen molar-refractivity contribution < 1.29 is 4.42 Å². The molecule has 146 valence electrons. The molecule has 1 heterocycles. The molecule has 0 radical (unpaired) electrons. The monoisotopic (exact) mass is 374 g/mol. The summed E-state index contributed by atoms with van der Waals surface area (Å²) in [5.74, 6) is 0. The normalized spacial score (nSPS) is 9.07. The first-order valence-electron chi connectivity index (χ1n) is 9.94. The van der Waals surface area contributed by atoms with Gasteiger partial charge in [0.1, 0.15) is 0 Å². The van der Waals surface area contributed by atoms with Crippen molar-refractivity contribution in [1.82, 2.24) is 0 Å². The molecule has 2 N–H and O–H groups in total. The molecular formula is C26H32NO+. The Labute approximate surface area is 169 Å². The maximum absolute atomic E-state index is 5.57. The third-order valence-electron chi connectivity index (χ3n) is 3.89. The first kappa shape index (κ1) is 23.1. The van der Waals surface area contributed by atoms with Gasteiger partial charge in [0.15, 0.2) is 0 Å². The summed E-state index contributed by atoms with van der Waals surface area (Å²) >= 11 is 0. The summed E-state index contributed by atoms with van der Waals surface area (Å²) in [7, 11) is 1.50. The van der Waals surface area contributed by atoms with Crippen LogP contribution in [0.3, 0.4) is 0 Å². The van der Waals surface area contributed by atoms with Gasteiger partial charge < -0.3 is 5.73 Å². The molecule has 0 saturated heterocycles. The van der Waals surface area contributed by atoms with Gasteiger partial charge in [-0.05, 0) is 41.4 Å². The van der Waals surface area contributed by atoms with Crippen molar-refractivity contribution in [2.75, 3.05) is 7.05 Å². The van der Waals surface area contributed by atoms with Crippen molar-refractivity contribution in [3.05, 3.63) is 91.2 Å². The standard InChI is InChI=1S/C21H15O.2C2H6.CH5N/c1-2-5-16(6-3-1)17-8-10-18(11-9-17)20-13-12-19-7-4-14-22-21(19)15-20;3*1-2/h1-15H;2*1-2H3;2H2,1H3/q+1;;;. The minimum absolute atomic E-state index is 0.909. The first-order chi connectivity index (χ1) is 13.9. The van der Waals surface area contributed by atoms with Crippen molar-refractivity contribution >= 4 is 11.0 Å². The summed E-state index contributed by atoms with van der Waals surface area (Å²) in [5, 5.41) is 1.12. The summed E-state index contributed by atoms with van der Waals surface area (Å²) in [6.07, 6.45) is 1.71. The second kappa shape index (κ2) is 13.2. The van der Waals surface area contributed by atoms with Crippen LogP contribution in [0, 0.1) is 0 Å². The Morgan fingerprint density at radius 2 is 1.04 bits per heavy atom. The SMILES string of the molecule is CC.CC.CN.c1ccc(-c2ccc(-c3ccc4ccc[o+]c4c3)cc2)cc1. The number of benzene rings is 3. The Balaban J connectivity index is 0.000000599. The molecule has 0 unspecified atom stereocenters. The Hall–Kier alpha value is -2.97. The molecule has 1 aromatic heterocycles. The smallest absolute Gasteiger partial charge is 0.333 e. The van der Waals surface area contributed by atoms with Crippen LogP contribution in [0.5, 0.6) is 0 Å². The highest BCUT2D eigenvalue weighted by molar-refractivity contribution is 5.83. The van der Waals surface area contributed by atoms with Gasteiger partial charge in [-0.1, -0.05) is 88.4 Å². The van der Waals surface area contributed by atoms with Crippen LogP contribution in [-0.2, 0) is 0 Å². The lowest BCUT2D eigenvalue weighted by Gasteiger charge is -2.04. The van der Waals surface area contributed by atoms with Crippen LogP contribution < -0.4 is 5.73 Å². The van der Waals surface area contributed by atoms with Gasteiger partial charge in [0.2, 0.25) is 0 Å². The maximum Gasteiger partial charge on any atom is 0.360 e. The number of hydrogen-bond donors (Lipinski definition) is 1. The van der Waals surface area contributed by atoms with E-state index in [9.17, 15) is 0 Å². The second-order valence-corrected chi connectivity index (χ2v) is 5.31. The van der Waals surface area contributed by atoms with Crippen LogP contribution in [0.4, 0.5) is 0 Å². The summed E-state index contributed by atoms with van der Waals surface area (Å²) in [6.45, 7) is 8.00. The van der Waals surface area contributed by atoms with Crippen LogP contribution in [0.25, 0.3) is 33.2 Å². The Morgan fingerprint density at radius 3 is 1.64 bits per heavy atom.